The highest BCUT2D eigenvalue weighted by Gasteiger charge is 2.26. The maximum absolute atomic E-state index is 13.3. The zero-order chi connectivity index (χ0) is 23.3. The van der Waals surface area contributed by atoms with Gasteiger partial charge in [-0.2, -0.15) is 0 Å². The van der Waals surface area contributed by atoms with Gasteiger partial charge in [0.25, 0.3) is 10.0 Å². The van der Waals surface area contributed by atoms with Crippen molar-refractivity contribution in [2.45, 2.75) is 11.5 Å². The number of rotatable bonds is 8. The van der Waals surface area contributed by atoms with Crippen molar-refractivity contribution in [1.29, 1.82) is 0 Å². The van der Waals surface area contributed by atoms with Gasteiger partial charge in [-0.15, -0.1) is 6.58 Å². The van der Waals surface area contributed by atoms with Crippen LogP contribution in [0.4, 0.5) is 5.69 Å². The number of halogens is 2. The average molecular weight is 494 g/mol. The van der Waals surface area contributed by atoms with E-state index in [1.54, 1.807) is 24.3 Å². The van der Waals surface area contributed by atoms with Crippen molar-refractivity contribution >= 4 is 44.9 Å². The van der Waals surface area contributed by atoms with Crippen molar-refractivity contribution in [2.75, 3.05) is 10.8 Å². The van der Waals surface area contributed by atoms with Crippen LogP contribution in [0, 0.1) is 5.21 Å². The van der Waals surface area contributed by atoms with Gasteiger partial charge in [0, 0.05) is 11.1 Å². The van der Waals surface area contributed by atoms with Crippen LogP contribution in [0.2, 0.25) is 10.0 Å². The van der Waals surface area contributed by atoms with Crippen LogP contribution in [-0.2, 0) is 21.4 Å². The van der Waals surface area contributed by atoms with Gasteiger partial charge in [-0.05, 0) is 47.4 Å². The molecule has 0 radical (unpaired) electrons. The predicted molar refractivity (Wildman–Crippen MR) is 120 cm³/mol. The quantitative estimate of drug-likeness (QED) is 0.205. The number of carbonyl (C=O) groups excluding carboxylic acids is 1. The van der Waals surface area contributed by atoms with Crippen LogP contribution in [0.3, 0.4) is 0 Å². The Labute approximate surface area is 194 Å². The summed E-state index contributed by atoms with van der Waals surface area (Å²) in [6.07, 6.45) is 4.02. The minimum absolute atomic E-state index is 0.00765. The summed E-state index contributed by atoms with van der Waals surface area (Å²) in [7, 11) is -4.09. The molecule has 166 valence electrons. The Morgan fingerprint density at radius 1 is 1.22 bits per heavy atom. The van der Waals surface area contributed by atoms with Gasteiger partial charge in [-0.3, -0.25) is 4.31 Å². The highest BCUT2D eigenvalue weighted by Crippen LogP contribution is 2.28. The topological polar surface area (TPSA) is 104 Å². The Morgan fingerprint density at radius 2 is 1.94 bits per heavy atom. The zero-order valence-electron chi connectivity index (χ0n) is 16.5. The average Bonchev–Trinajstić information content (AvgIpc) is 2.77. The highest BCUT2D eigenvalue weighted by molar-refractivity contribution is 7.92. The lowest BCUT2D eigenvalue weighted by molar-refractivity contribution is -0.620. The second-order valence-corrected chi connectivity index (χ2v) is 9.09. The zero-order valence-corrected chi connectivity index (χ0v) is 18.8. The largest absolute Gasteiger partial charge is 0.711 e. The van der Waals surface area contributed by atoms with Crippen molar-refractivity contribution in [1.82, 2.24) is 4.98 Å². The summed E-state index contributed by atoms with van der Waals surface area (Å²) in [6.45, 7) is 3.18. The third kappa shape index (κ3) is 5.18. The Bertz CT molecular complexity index is 1250. The molecule has 11 heteroatoms. The van der Waals surface area contributed by atoms with Crippen LogP contribution in [0.5, 0.6) is 0 Å². The molecule has 0 aliphatic rings. The van der Waals surface area contributed by atoms with Crippen LogP contribution in [0.15, 0.2) is 78.5 Å². The molecule has 0 bridgehead atoms. The molecule has 0 N–H and O–H groups in total. The van der Waals surface area contributed by atoms with Gasteiger partial charge in [-0.25, -0.2) is 17.9 Å². The van der Waals surface area contributed by atoms with Crippen LogP contribution in [0.25, 0.3) is 0 Å². The monoisotopic (exact) mass is 493 g/mol. The number of aromatic nitrogens is 2. The molecular formula is C21H17Cl2N3O5S. The molecular weight excluding hydrogens is 477 g/mol. The van der Waals surface area contributed by atoms with E-state index >= 15 is 0 Å². The maximum Gasteiger partial charge on any atom is 0.340 e. The number of anilines is 1. The Morgan fingerprint density at radius 3 is 2.59 bits per heavy atom. The summed E-state index contributed by atoms with van der Waals surface area (Å²) in [6, 6.07) is 11.4. The minimum atomic E-state index is -4.09. The predicted octanol–water partition coefficient (Wildman–Crippen LogP) is 3.76. The lowest BCUT2D eigenvalue weighted by atomic mass is 10.2. The van der Waals surface area contributed by atoms with Crippen molar-refractivity contribution < 1.29 is 22.7 Å². The molecule has 0 spiro atoms. The van der Waals surface area contributed by atoms with Gasteiger partial charge in [0.15, 0.2) is 6.61 Å². The van der Waals surface area contributed by atoms with E-state index in [1.165, 1.54) is 36.7 Å². The molecule has 0 fully saturated rings. The SMILES string of the molecule is C=CCN(c1ccc(Cl)cc1)S(=O)(=O)c1ccc(Cl)c(C(=O)OCc2nccc[n+]2[O-])c1. The van der Waals surface area contributed by atoms with Gasteiger partial charge in [0.2, 0.25) is 0 Å². The molecule has 0 atom stereocenters. The van der Waals surface area contributed by atoms with Crippen molar-refractivity contribution in [3.8, 4) is 0 Å². The van der Waals surface area contributed by atoms with Gasteiger partial charge in [0.1, 0.15) is 6.20 Å². The van der Waals surface area contributed by atoms with Crippen molar-refractivity contribution in [3.05, 3.63) is 100 Å². The van der Waals surface area contributed by atoms with Crippen LogP contribution in [0.1, 0.15) is 16.2 Å². The molecule has 8 nitrogen and oxygen atoms in total. The third-order valence-corrected chi connectivity index (χ3v) is 6.64. The number of ether oxygens (including phenoxy) is 1. The number of hydrogen-bond acceptors (Lipinski definition) is 6. The first-order chi connectivity index (χ1) is 15.2. The summed E-state index contributed by atoms with van der Waals surface area (Å²) in [5.74, 6) is -0.944. The molecule has 3 rings (SSSR count). The minimum Gasteiger partial charge on any atom is -0.711 e. The Balaban J connectivity index is 1.91. The van der Waals surface area contributed by atoms with Gasteiger partial charge >= 0.3 is 11.8 Å². The van der Waals surface area contributed by atoms with Crippen LogP contribution < -0.4 is 9.04 Å². The molecule has 0 amide bonds. The third-order valence-electron chi connectivity index (χ3n) is 4.27. The second kappa shape index (κ2) is 9.99. The molecule has 2 aromatic carbocycles. The van der Waals surface area contributed by atoms with Crippen molar-refractivity contribution in [3.63, 3.8) is 0 Å². The lowest BCUT2D eigenvalue weighted by Gasteiger charge is -2.23. The maximum atomic E-state index is 13.3. The Kier molecular flexibility index (Phi) is 7.34. The summed E-state index contributed by atoms with van der Waals surface area (Å²) < 4.78 is 33.3. The van der Waals surface area contributed by atoms with E-state index in [2.05, 4.69) is 11.6 Å². The normalized spacial score (nSPS) is 11.1. The molecule has 0 saturated carbocycles. The van der Waals surface area contributed by atoms with E-state index < -0.39 is 22.6 Å². The highest BCUT2D eigenvalue weighted by atomic mass is 35.5. The van der Waals surface area contributed by atoms with Gasteiger partial charge < -0.3 is 9.94 Å². The second-order valence-electron chi connectivity index (χ2n) is 6.38. The smallest absolute Gasteiger partial charge is 0.340 e. The molecule has 3 aromatic rings. The number of sulfonamides is 1. The molecule has 1 aromatic heterocycles. The van der Waals surface area contributed by atoms with Crippen LogP contribution in [-0.4, -0.2) is 25.9 Å². The van der Waals surface area contributed by atoms with E-state index in [0.29, 0.717) is 15.4 Å². The number of hydrogen-bond donors (Lipinski definition) is 0. The summed E-state index contributed by atoms with van der Waals surface area (Å²) >= 11 is 12.0. The fourth-order valence-electron chi connectivity index (χ4n) is 2.71. The lowest BCUT2D eigenvalue weighted by Crippen LogP contribution is -2.33. The molecule has 0 aliphatic heterocycles. The first-order valence-electron chi connectivity index (χ1n) is 9.13. The first kappa shape index (κ1) is 23.5. The first-order valence-corrected chi connectivity index (χ1v) is 11.3. The summed E-state index contributed by atoms with van der Waals surface area (Å²) in [4.78, 5) is 16.2. The van der Waals surface area contributed by atoms with E-state index in [-0.39, 0.29) is 27.9 Å². The standard InChI is InChI=1S/C21H17Cl2N3O5S/c1-2-11-26(16-6-4-15(22)5-7-16)32(29,30)17-8-9-19(23)18(13-17)21(27)31-14-20-24-10-3-12-25(20)28/h2-10,12-13H,1,11,14H2. The number of carbonyl (C=O) groups is 1. The Hall–Kier alpha value is -3.14. The molecule has 32 heavy (non-hydrogen) atoms. The van der Waals surface area contributed by atoms with E-state index in [9.17, 15) is 18.4 Å². The van der Waals surface area contributed by atoms with Crippen molar-refractivity contribution in [2.24, 2.45) is 0 Å². The van der Waals surface area contributed by atoms with Gasteiger partial charge in [-0.1, -0.05) is 29.3 Å². The van der Waals surface area contributed by atoms with E-state index in [4.69, 9.17) is 27.9 Å². The fraction of sp³-hybridized carbons (Fsp3) is 0.0952. The number of nitrogens with zero attached hydrogens (tertiary/aromatic N) is 3. The van der Waals surface area contributed by atoms with Crippen LogP contribution >= 0.6 is 23.2 Å². The molecule has 0 unspecified atom stereocenters. The summed E-state index contributed by atoms with van der Waals surface area (Å²) in [5.41, 5.74) is 0.194. The summed E-state index contributed by atoms with van der Waals surface area (Å²) in [5, 5.41) is 12.1. The van der Waals surface area contributed by atoms with E-state index in [0.717, 1.165) is 10.4 Å². The van der Waals surface area contributed by atoms with E-state index in [1.807, 2.05) is 0 Å². The van der Waals surface area contributed by atoms with Gasteiger partial charge in [0.05, 0.1) is 33.9 Å². The fourth-order valence-corrected chi connectivity index (χ4v) is 4.50. The molecule has 0 saturated heterocycles. The number of esters is 1. The molecule has 1 heterocycles. The number of benzene rings is 2. The molecule has 0 aliphatic carbocycles.